The summed E-state index contributed by atoms with van der Waals surface area (Å²) in [6, 6.07) is 0.138. The molecule has 0 radical (unpaired) electrons. The van der Waals surface area contributed by atoms with Crippen molar-refractivity contribution in [3.05, 3.63) is 18.0 Å². The molecular weight excluding hydrogens is 314 g/mol. The summed E-state index contributed by atoms with van der Waals surface area (Å²) in [5, 5.41) is 4.36. The third kappa shape index (κ3) is 2.91. The summed E-state index contributed by atoms with van der Waals surface area (Å²) in [5.74, 6) is -0.189. The van der Waals surface area contributed by atoms with Gasteiger partial charge in [0, 0.05) is 25.5 Å². The second-order valence-electron chi connectivity index (χ2n) is 7.02. The molecule has 128 valence electrons. The van der Waals surface area contributed by atoms with Gasteiger partial charge in [0.1, 0.15) is 0 Å². The number of amides is 1. The quantitative estimate of drug-likeness (QED) is 0.840. The monoisotopic (exact) mass is 339 g/mol. The van der Waals surface area contributed by atoms with Crippen molar-refractivity contribution in [1.29, 1.82) is 0 Å². The number of piperidine rings is 1. The highest BCUT2D eigenvalue weighted by molar-refractivity contribution is 7.92. The average molecular weight is 339 g/mol. The number of carbonyl (C=O) groups is 1. The lowest BCUT2D eigenvalue weighted by molar-refractivity contribution is -0.135. The summed E-state index contributed by atoms with van der Waals surface area (Å²) in [6.07, 6.45) is 9.43. The molecule has 1 aromatic heterocycles. The number of carbonyl (C=O) groups excluding carboxylic acids is 1. The highest BCUT2D eigenvalue weighted by Gasteiger charge is 2.52. The minimum absolute atomic E-state index is 0.138. The Morgan fingerprint density at radius 3 is 2.57 bits per heavy atom. The first-order valence-corrected chi connectivity index (χ1v) is 10.2. The summed E-state index contributed by atoms with van der Waals surface area (Å²) < 4.78 is 25.4. The zero-order chi connectivity index (χ0) is 16.7. The lowest BCUT2D eigenvalue weighted by atomic mass is 10.0. The summed E-state index contributed by atoms with van der Waals surface area (Å²) in [5.41, 5.74) is 1.09. The van der Waals surface area contributed by atoms with Crippen molar-refractivity contribution in [2.75, 3.05) is 19.3 Å². The molecule has 23 heavy (non-hydrogen) atoms. The van der Waals surface area contributed by atoms with Gasteiger partial charge in [0.15, 0.2) is 14.6 Å². The van der Waals surface area contributed by atoms with Gasteiger partial charge in [0.2, 0.25) is 5.91 Å². The van der Waals surface area contributed by atoms with E-state index in [4.69, 9.17) is 0 Å². The number of aryl methyl sites for hydroxylation is 1. The third-order valence-corrected chi connectivity index (χ3v) is 7.30. The van der Waals surface area contributed by atoms with Crippen LogP contribution in [-0.2, 0) is 14.6 Å². The fourth-order valence-corrected chi connectivity index (χ4v) is 5.44. The average Bonchev–Trinajstić information content (AvgIpc) is 3.15. The van der Waals surface area contributed by atoms with Crippen molar-refractivity contribution in [1.82, 2.24) is 14.7 Å². The number of likely N-dealkylation sites (tertiary alicyclic amines) is 1. The molecular formula is C16H25N3O3S. The summed E-state index contributed by atoms with van der Waals surface area (Å²) in [4.78, 5) is 14.8. The van der Waals surface area contributed by atoms with Crippen LogP contribution in [0.3, 0.4) is 0 Å². The van der Waals surface area contributed by atoms with Crippen LogP contribution in [0.15, 0.2) is 12.4 Å². The van der Waals surface area contributed by atoms with Crippen molar-refractivity contribution in [2.45, 2.75) is 56.2 Å². The lowest BCUT2D eigenvalue weighted by Crippen LogP contribution is -2.54. The maximum absolute atomic E-state index is 13.1. The zero-order valence-electron chi connectivity index (χ0n) is 13.9. The van der Waals surface area contributed by atoms with Crippen LogP contribution < -0.4 is 0 Å². The molecule has 2 fully saturated rings. The number of hydrogen-bond acceptors (Lipinski definition) is 4. The van der Waals surface area contributed by atoms with Gasteiger partial charge in [-0.2, -0.15) is 5.10 Å². The Bertz CT molecular complexity index is 689. The molecule has 0 spiro atoms. The molecule has 1 amide bonds. The van der Waals surface area contributed by atoms with E-state index in [1.807, 2.05) is 24.0 Å². The second-order valence-corrected chi connectivity index (χ2v) is 9.34. The van der Waals surface area contributed by atoms with Crippen LogP contribution in [0.1, 0.15) is 50.1 Å². The van der Waals surface area contributed by atoms with Gasteiger partial charge in [0.05, 0.1) is 12.2 Å². The first kappa shape index (κ1) is 16.5. The number of sulfone groups is 1. The van der Waals surface area contributed by atoms with E-state index >= 15 is 0 Å². The van der Waals surface area contributed by atoms with E-state index in [2.05, 4.69) is 5.10 Å². The summed E-state index contributed by atoms with van der Waals surface area (Å²) >= 11 is 0. The van der Waals surface area contributed by atoms with E-state index in [0.29, 0.717) is 25.9 Å². The predicted molar refractivity (Wildman–Crippen MR) is 87.9 cm³/mol. The van der Waals surface area contributed by atoms with Gasteiger partial charge in [-0.3, -0.25) is 9.48 Å². The van der Waals surface area contributed by atoms with Gasteiger partial charge in [-0.05, 0) is 38.2 Å². The molecule has 0 N–H and O–H groups in total. The Morgan fingerprint density at radius 1 is 1.30 bits per heavy atom. The highest BCUT2D eigenvalue weighted by atomic mass is 32.2. The molecule has 1 atom stereocenters. The van der Waals surface area contributed by atoms with Crippen LogP contribution in [0, 0.1) is 6.92 Å². The van der Waals surface area contributed by atoms with Crippen LogP contribution in [-0.4, -0.2) is 53.1 Å². The molecule has 1 aromatic rings. The van der Waals surface area contributed by atoms with E-state index in [-0.39, 0.29) is 11.9 Å². The second kappa shape index (κ2) is 5.92. The third-order valence-electron chi connectivity index (χ3n) is 5.30. The maximum Gasteiger partial charge on any atom is 0.244 e. The molecule has 0 aromatic carbocycles. The Morgan fingerprint density at radius 2 is 2.00 bits per heavy atom. The molecule has 7 heteroatoms. The molecule has 0 unspecified atom stereocenters. The van der Waals surface area contributed by atoms with Crippen LogP contribution >= 0.6 is 0 Å². The van der Waals surface area contributed by atoms with E-state index in [9.17, 15) is 13.2 Å². The minimum Gasteiger partial charge on any atom is -0.339 e. The predicted octanol–water partition coefficient (Wildman–Crippen LogP) is 1.71. The Kier molecular flexibility index (Phi) is 4.25. The lowest BCUT2D eigenvalue weighted by Gasteiger charge is -2.38. The topological polar surface area (TPSA) is 72.3 Å². The minimum atomic E-state index is -3.40. The number of nitrogens with zero attached hydrogens (tertiary/aromatic N) is 3. The standard InChI is InChI=1S/C16H25N3O3S/c1-13-10-17-19(11-13)14-6-5-9-18(12-14)15(20)16(23(2,21)22)7-3-4-8-16/h10-11,14H,3-9,12H2,1-2H3/t14-/m0/s1. The summed E-state index contributed by atoms with van der Waals surface area (Å²) in [6.45, 7) is 3.19. The van der Waals surface area contributed by atoms with Gasteiger partial charge in [-0.15, -0.1) is 0 Å². The Balaban J connectivity index is 1.81. The number of hydrogen-bond donors (Lipinski definition) is 0. The smallest absolute Gasteiger partial charge is 0.244 e. The van der Waals surface area contributed by atoms with E-state index < -0.39 is 14.6 Å². The summed E-state index contributed by atoms with van der Waals surface area (Å²) in [7, 11) is -3.40. The Hall–Kier alpha value is -1.37. The normalized spacial score (nSPS) is 24.8. The SMILES string of the molecule is Cc1cnn([C@H]2CCCN(C(=O)C3(S(C)(=O)=O)CCCC3)C2)c1. The largest absolute Gasteiger partial charge is 0.339 e. The molecule has 1 saturated carbocycles. The molecule has 2 aliphatic rings. The Labute approximate surface area is 137 Å². The van der Waals surface area contributed by atoms with Crippen LogP contribution in [0.5, 0.6) is 0 Å². The van der Waals surface area contributed by atoms with Crippen molar-refractivity contribution in [3.63, 3.8) is 0 Å². The number of rotatable bonds is 3. The van der Waals surface area contributed by atoms with E-state index in [1.54, 1.807) is 4.90 Å². The first-order valence-electron chi connectivity index (χ1n) is 8.33. The fourth-order valence-electron chi connectivity index (χ4n) is 3.97. The van der Waals surface area contributed by atoms with E-state index in [0.717, 1.165) is 31.2 Å². The van der Waals surface area contributed by atoms with Gasteiger partial charge in [0.25, 0.3) is 0 Å². The molecule has 3 rings (SSSR count). The van der Waals surface area contributed by atoms with E-state index in [1.165, 1.54) is 6.26 Å². The molecule has 6 nitrogen and oxygen atoms in total. The number of aromatic nitrogens is 2. The van der Waals surface area contributed by atoms with Crippen LogP contribution in [0.2, 0.25) is 0 Å². The van der Waals surface area contributed by atoms with Gasteiger partial charge in [-0.1, -0.05) is 12.8 Å². The van der Waals surface area contributed by atoms with Crippen molar-refractivity contribution >= 4 is 15.7 Å². The maximum atomic E-state index is 13.1. The zero-order valence-corrected chi connectivity index (χ0v) is 14.7. The molecule has 1 aliphatic heterocycles. The highest BCUT2D eigenvalue weighted by Crippen LogP contribution is 2.39. The van der Waals surface area contributed by atoms with Crippen molar-refractivity contribution < 1.29 is 13.2 Å². The molecule has 1 saturated heterocycles. The molecule has 0 bridgehead atoms. The first-order chi connectivity index (χ1) is 10.8. The van der Waals surface area contributed by atoms with Crippen molar-refractivity contribution in [2.24, 2.45) is 0 Å². The van der Waals surface area contributed by atoms with Gasteiger partial charge < -0.3 is 4.90 Å². The van der Waals surface area contributed by atoms with Crippen molar-refractivity contribution in [3.8, 4) is 0 Å². The molecule has 2 heterocycles. The van der Waals surface area contributed by atoms with Gasteiger partial charge in [-0.25, -0.2) is 8.42 Å². The molecule has 1 aliphatic carbocycles. The fraction of sp³-hybridized carbons (Fsp3) is 0.750. The van der Waals surface area contributed by atoms with Gasteiger partial charge >= 0.3 is 0 Å². The van der Waals surface area contributed by atoms with Crippen LogP contribution in [0.4, 0.5) is 0 Å². The van der Waals surface area contributed by atoms with Crippen LogP contribution in [0.25, 0.3) is 0 Å².